The number of likely N-dealkylation sites (N-methyl/N-ethyl adjacent to an activating group) is 1. The van der Waals surface area contributed by atoms with E-state index in [0.29, 0.717) is 55.0 Å². The van der Waals surface area contributed by atoms with Crippen molar-refractivity contribution < 1.29 is 23.1 Å². The van der Waals surface area contributed by atoms with Gasteiger partial charge in [0.1, 0.15) is 11.6 Å². The Balaban J connectivity index is 1.33. The number of alkyl halides is 3. The molecule has 13 heteroatoms. The number of aliphatic hydroxyl groups excluding tert-OH is 1. The van der Waals surface area contributed by atoms with Crippen molar-refractivity contribution in [2.45, 2.75) is 25.6 Å². The summed E-state index contributed by atoms with van der Waals surface area (Å²) in [6.07, 6.45) is 0.280. The number of carbonyl (C=O) groups excluding carboxylic acids is 1. The number of hydrogen-bond acceptors (Lipinski definition) is 8. The monoisotopic (exact) mass is 594 g/mol. The summed E-state index contributed by atoms with van der Waals surface area (Å²) >= 11 is 0. The summed E-state index contributed by atoms with van der Waals surface area (Å²) in [5, 5.41) is 15.3. The largest absolute Gasteiger partial charge is 0.416 e. The summed E-state index contributed by atoms with van der Waals surface area (Å²) in [6.45, 7) is 4.56. The topological polar surface area (TPSA) is 111 Å². The van der Waals surface area contributed by atoms with E-state index in [0.717, 1.165) is 30.8 Å². The third-order valence-electron chi connectivity index (χ3n) is 7.08. The van der Waals surface area contributed by atoms with Gasteiger partial charge in [-0.3, -0.25) is 9.36 Å². The Morgan fingerprint density at radius 2 is 1.84 bits per heavy atom. The van der Waals surface area contributed by atoms with Crippen LogP contribution in [0, 0.1) is 0 Å². The van der Waals surface area contributed by atoms with Crippen molar-refractivity contribution in [1.29, 1.82) is 0 Å². The van der Waals surface area contributed by atoms with Gasteiger partial charge in [-0.25, -0.2) is 9.97 Å². The zero-order valence-corrected chi connectivity index (χ0v) is 23.8. The highest BCUT2D eigenvalue weighted by Gasteiger charge is 2.32. The number of nitrogens with one attached hydrogen (secondary N) is 2. The van der Waals surface area contributed by atoms with Gasteiger partial charge in [-0.15, -0.1) is 0 Å². The standard InChI is InChI=1S/C30H33F3N8O2/c1-20(42)19-36-29-35-7-6-26(38-29)41-9-8-34-27(41)15-21-4-3-5-24(14-21)37-28(43)22-16-23(30(31,32)33)18-25(17-22)40-12-10-39(2)11-13-40/h3-9,14,16-18,20,42H,10-13,15,19H2,1-2H3,(H,37,43)(H,35,36,38)/t20-/m0/s1. The van der Waals surface area contributed by atoms with Crippen LogP contribution >= 0.6 is 0 Å². The van der Waals surface area contributed by atoms with E-state index < -0.39 is 23.8 Å². The van der Waals surface area contributed by atoms with Crippen LogP contribution in [0.1, 0.15) is 34.2 Å². The molecule has 1 amide bonds. The molecule has 10 nitrogen and oxygen atoms in total. The van der Waals surface area contributed by atoms with Gasteiger partial charge in [0.25, 0.3) is 5.91 Å². The average Bonchev–Trinajstić information content (AvgIpc) is 3.44. The van der Waals surface area contributed by atoms with Crippen LogP contribution in [0.4, 0.5) is 30.5 Å². The average molecular weight is 595 g/mol. The summed E-state index contributed by atoms with van der Waals surface area (Å²) in [6, 6.07) is 12.3. The zero-order chi connectivity index (χ0) is 30.6. The van der Waals surface area contributed by atoms with Crippen LogP contribution in [0.15, 0.2) is 67.1 Å². The quantitative estimate of drug-likeness (QED) is 0.266. The van der Waals surface area contributed by atoms with E-state index in [1.807, 2.05) is 22.6 Å². The van der Waals surface area contributed by atoms with E-state index >= 15 is 0 Å². The summed E-state index contributed by atoms with van der Waals surface area (Å²) in [5.41, 5.74) is 0.736. The first kappa shape index (κ1) is 30.0. The second-order valence-electron chi connectivity index (χ2n) is 10.6. The van der Waals surface area contributed by atoms with Crippen molar-refractivity contribution in [3.05, 3.63) is 89.6 Å². The number of halogens is 3. The molecule has 2 aromatic heterocycles. The lowest BCUT2D eigenvalue weighted by Gasteiger charge is -2.34. The van der Waals surface area contributed by atoms with Gasteiger partial charge < -0.3 is 25.5 Å². The maximum absolute atomic E-state index is 13.8. The van der Waals surface area contributed by atoms with Crippen molar-refractivity contribution in [2.75, 3.05) is 55.3 Å². The first-order valence-corrected chi connectivity index (χ1v) is 13.9. The van der Waals surface area contributed by atoms with Gasteiger partial charge in [0.2, 0.25) is 5.95 Å². The van der Waals surface area contributed by atoms with Crippen LogP contribution in [-0.2, 0) is 12.6 Å². The first-order chi connectivity index (χ1) is 20.5. The molecule has 0 radical (unpaired) electrons. The third kappa shape index (κ3) is 7.67. The second-order valence-corrected chi connectivity index (χ2v) is 10.6. The Hall–Kier alpha value is -4.49. The highest BCUT2D eigenvalue weighted by molar-refractivity contribution is 6.05. The lowest BCUT2D eigenvalue weighted by atomic mass is 10.1. The van der Waals surface area contributed by atoms with Gasteiger partial charge in [0.05, 0.1) is 11.7 Å². The Morgan fingerprint density at radius 1 is 1.05 bits per heavy atom. The minimum absolute atomic E-state index is 0.0616. The van der Waals surface area contributed by atoms with Gasteiger partial charge in [-0.1, -0.05) is 12.1 Å². The van der Waals surface area contributed by atoms with Gasteiger partial charge in [0, 0.05) is 74.7 Å². The summed E-state index contributed by atoms with van der Waals surface area (Å²) in [7, 11) is 1.97. The number of piperazine rings is 1. The molecule has 3 heterocycles. The third-order valence-corrected chi connectivity index (χ3v) is 7.08. The van der Waals surface area contributed by atoms with E-state index in [1.165, 1.54) is 6.07 Å². The van der Waals surface area contributed by atoms with Crippen LogP contribution in [0.2, 0.25) is 0 Å². The predicted octanol–water partition coefficient (Wildman–Crippen LogP) is 4.07. The van der Waals surface area contributed by atoms with Crippen molar-refractivity contribution in [1.82, 2.24) is 24.4 Å². The molecule has 2 aromatic carbocycles. The number of nitrogens with zero attached hydrogens (tertiary/aromatic N) is 6. The van der Waals surface area contributed by atoms with Crippen LogP contribution in [0.5, 0.6) is 0 Å². The van der Waals surface area contributed by atoms with E-state index in [4.69, 9.17) is 0 Å². The maximum atomic E-state index is 13.8. The first-order valence-electron chi connectivity index (χ1n) is 13.9. The molecule has 226 valence electrons. The Labute approximate surface area is 247 Å². The summed E-state index contributed by atoms with van der Waals surface area (Å²) in [5.74, 6) is 1.01. The fourth-order valence-corrected chi connectivity index (χ4v) is 4.78. The fourth-order valence-electron chi connectivity index (χ4n) is 4.78. The number of rotatable bonds is 9. The van der Waals surface area contributed by atoms with Crippen molar-refractivity contribution in [2.24, 2.45) is 0 Å². The Morgan fingerprint density at radius 3 is 2.58 bits per heavy atom. The molecule has 0 bridgehead atoms. The molecule has 3 N–H and O–H groups in total. The lowest BCUT2D eigenvalue weighted by molar-refractivity contribution is -0.137. The normalized spacial score (nSPS) is 14.9. The van der Waals surface area contributed by atoms with Crippen LogP contribution < -0.4 is 15.5 Å². The zero-order valence-electron chi connectivity index (χ0n) is 23.8. The smallest absolute Gasteiger partial charge is 0.392 e. The molecule has 4 aromatic rings. The predicted molar refractivity (Wildman–Crippen MR) is 158 cm³/mol. The number of aromatic nitrogens is 4. The minimum atomic E-state index is -4.59. The number of benzene rings is 2. The minimum Gasteiger partial charge on any atom is -0.392 e. The van der Waals surface area contributed by atoms with E-state index in [2.05, 4.69) is 30.5 Å². The molecule has 1 atom stereocenters. The molecule has 0 unspecified atom stereocenters. The van der Waals surface area contributed by atoms with Crippen LogP contribution in [0.3, 0.4) is 0 Å². The van der Waals surface area contributed by atoms with Gasteiger partial charge in [-0.2, -0.15) is 18.2 Å². The van der Waals surface area contributed by atoms with Crippen molar-refractivity contribution >= 4 is 23.2 Å². The van der Waals surface area contributed by atoms with Crippen molar-refractivity contribution in [3.63, 3.8) is 0 Å². The number of amides is 1. The molecule has 1 aliphatic heterocycles. The molecule has 1 saturated heterocycles. The number of imidazole rings is 1. The van der Waals surface area contributed by atoms with Gasteiger partial charge in [0.15, 0.2) is 0 Å². The van der Waals surface area contributed by atoms with Crippen molar-refractivity contribution in [3.8, 4) is 5.82 Å². The number of anilines is 3. The SMILES string of the molecule is C[C@H](O)CNc1nccc(-n2ccnc2Cc2cccc(NC(=O)c3cc(N4CCN(C)CC4)cc(C(F)(F)F)c3)c2)n1. The molecule has 43 heavy (non-hydrogen) atoms. The molecule has 0 saturated carbocycles. The number of aliphatic hydroxyl groups is 1. The van der Waals surface area contributed by atoms with Crippen LogP contribution in [-0.4, -0.2) is 81.3 Å². The lowest BCUT2D eigenvalue weighted by Crippen LogP contribution is -2.44. The Bertz CT molecular complexity index is 1570. The van der Waals surface area contributed by atoms with Crippen LogP contribution in [0.25, 0.3) is 5.82 Å². The molecule has 5 rings (SSSR count). The molecule has 1 fully saturated rings. The molecule has 0 aliphatic carbocycles. The number of carbonyl (C=O) groups is 1. The van der Waals surface area contributed by atoms with E-state index in [9.17, 15) is 23.1 Å². The van der Waals surface area contributed by atoms with E-state index in [-0.39, 0.29) is 5.56 Å². The second kappa shape index (κ2) is 12.8. The molecular weight excluding hydrogens is 561 g/mol. The molecule has 0 spiro atoms. The summed E-state index contributed by atoms with van der Waals surface area (Å²) in [4.78, 5) is 30.3. The van der Waals surface area contributed by atoms with Gasteiger partial charge in [-0.05, 0) is 55.9 Å². The Kier molecular flexibility index (Phi) is 8.92. The molecular formula is C30H33F3N8O2. The molecule has 1 aliphatic rings. The van der Waals surface area contributed by atoms with E-state index in [1.54, 1.807) is 49.8 Å². The summed E-state index contributed by atoms with van der Waals surface area (Å²) < 4.78 is 43.1. The highest BCUT2D eigenvalue weighted by Crippen LogP contribution is 2.33. The fraction of sp³-hybridized carbons (Fsp3) is 0.333. The highest BCUT2D eigenvalue weighted by atomic mass is 19.4. The van der Waals surface area contributed by atoms with Gasteiger partial charge >= 0.3 is 6.18 Å². The number of hydrogen-bond donors (Lipinski definition) is 3. The maximum Gasteiger partial charge on any atom is 0.416 e.